The van der Waals surface area contributed by atoms with Crippen LogP contribution in [0.2, 0.25) is 0 Å². The number of hydrogen-bond acceptors (Lipinski definition) is 2. The number of hydrogen-bond donors (Lipinski definition) is 1. The first kappa shape index (κ1) is 14.6. The molecule has 96 valence electrons. The lowest BCUT2D eigenvalue weighted by Gasteiger charge is -2.31. The SMILES string of the molecule is CCOC(C)(C)C(N)Cc1ccc(F)cc1Br. The first-order chi connectivity index (χ1) is 7.86. The van der Waals surface area contributed by atoms with Gasteiger partial charge in [-0.05, 0) is 44.9 Å². The zero-order valence-electron chi connectivity index (χ0n) is 10.5. The van der Waals surface area contributed by atoms with E-state index >= 15 is 0 Å². The third-order valence-electron chi connectivity index (χ3n) is 2.86. The van der Waals surface area contributed by atoms with E-state index in [1.165, 1.54) is 12.1 Å². The van der Waals surface area contributed by atoms with Crippen molar-refractivity contribution in [3.63, 3.8) is 0 Å². The number of nitrogens with two attached hydrogens (primary N) is 1. The van der Waals surface area contributed by atoms with Gasteiger partial charge in [-0.25, -0.2) is 4.39 Å². The van der Waals surface area contributed by atoms with E-state index in [1.54, 1.807) is 6.07 Å². The van der Waals surface area contributed by atoms with E-state index in [1.807, 2.05) is 20.8 Å². The summed E-state index contributed by atoms with van der Waals surface area (Å²) in [7, 11) is 0. The zero-order chi connectivity index (χ0) is 13.1. The molecular weight excluding hydrogens is 285 g/mol. The summed E-state index contributed by atoms with van der Waals surface area (Å²) >= 11 is 3.34. The average molecular weight is 304 g/mol. The number of benzene rings is 1. The molecule has 0 heterocycles. The van der Waals surface area contributed by atoms with E-state index in [4.69, 9.17) is 10.5 Å². The molecule has 0 aromatic heterocycles. The summed E-state index contributed by atoms with van der Waals surface area (Å²) in [5.74, 6) is -0.252. The van der Waals surface area contributed by atoms with Gasteiger partial charge in [0.2, 0.25) is 0 Å². The van der Waals surface area contributed by atoms with Gasteiger partial charge in [-0.2, -0.15) is 0 Å². The zero-order valence-corrected chi connectivity index (χ0v) is 12.1. The second-order valence-corrected chi connectivity index (χ2v) is 5.44. The summed E-state index contributed by atoms with van der Waals surface area (Å²) in [6.07, 6.45) is 0.647. The highest BCUT2D eigenvalue weighted by molar-refractivity contribution is 9.10. The third kappa shape index (κ3) is 4.05. The Labute approximate surface area is 110 Å². The lowest BCUT2D eigenvalue weighted by Crippen LogP contribution is -2.46. The molecule has 0 aliphatic heterocycles. The van der Waals surface area contributed by atoms with Crippen molar-refractivity contribution in [1.29, 1.82) is 0 Å². The van der Waals surface area contributed by atoms with Crippen molar-refractivity contribution in [1.82, 2.24) is 0 Å². The van der Waals surface area contributed by atoms with Crippen molar-refractivity contribution in [2.75, 3.05) is 6.61 Å². The van der Waals surface area contributed by atoms with Gasteiger partial charge in [0.25, 0.3) is 0 Å². The molecule has 0 saturated carbocycles. The molecule has 17 heavy (non-hydrogen) atoms. The number of halogens is 2. The van der Waals surface area contributed by atoms with Crippen LogP contribution in [0.15, 0.2) is 22.7 Å². The summed E-state index contributed by atoms with van der Waals surface area (Å²) in [5, 5.41) is 0. The monoisotopic (exact) mass is 303 g/mol. The molecule has 0 aliphatic rings. The van der Waals surface area contributed by atoms with Crippen LogP contribution in [0.25, 0.3) is 0 Å². The predicted molar refractivity (Wildman–Crippen MR) is 71.5 cm³/mol. The van der Waals surface area contributed by atoms with Crippen molar-refractivity contribution in [3.05, 3.63) is 34.1 Å². The Hall–Kier alpha value is -0.450. The second kappa shape index (κ2) is 5.94. The molecule has 1 aromatic rings. The van der Waals surface area contributed by atoms with Gasteiger partial charge in [0.1, 0.15) is 5.82 Å². The van der Waals surface area contributed by atoms with E-state index in [-0.39, 0.29) is 17.5 Å². The summed E-state index contributed by atoms with van der Waals surface area (Å²) in [5.41, 5.74) is 6.74. The number of ether oxygens (including phenoxy) is 1. The first-order valence-corrected chi connectivity index (χ1v) is 6.49. The lowest BCUT2D eigenvalue weighted by atomic mass is 9.93. The van der Waals surface area contributed by atoms with Crippen LogP contribution in [0.1, 0.15) is 26.3 Å². The quantitative estimate of drug-likeness (QED) is 0.906. The smallest absolute Gasteiger partial charge is 0.124 e. The van der Waals surface area contributed by atoms with Crippen LogP contribution in [-0.2, 0) is 11.2 Å². The molecule has 0 aliphatic carbocycles. The molecule has 2 N–H and O–H groups in total. The maximum absolute atomic E-state index is 13.0. The van der Waals surface area contributed by atoms with Crippen LogP contribution < -0.4 is 5.73 Å². The molecule has 0 radical (unpaired) electrons. The average Bonchev–Trinajstić information content (AvgIpc) is 2.22. The fourth-order valence-electron chi connectivity index (χ4n) is 1.65. The lowest BCUT2D eigenvalue weighted by molar-refractivity contribution is -0.0288. The molecule has 0 fully saturated rings. The Morgan fingerprint density at radius 3 is 2.65 bits per heavy atom. The first-order valence-electron chi connectivity index (χ1n) is 5.70. The molecule has 1 aromatic carbocycles. The molecule has 0 saturated heterocycles. The van der Waals surface area contributed by atoms with Gasteiger partial charge in [-0.15, -0.1) is 0 Å². The van der Waals surface area contributed by atoms with Crippen molar-refractivity contribution in [2.45, 2.75) is 38.8 Å². The van der Waals surface area contributed by atoms with Crippen molar-refractivity contribution >= 4 is 15.9 Å². The predicted octanol–water partition coefficient (Wildman–Crippen LogP) is 3.27. The van der Waals surface area contributed by atoms with Gasteiger partial charge in [0, 0.05) is 17.1 Å². The van der Waals surface area contributed by atoms with Crippen LogP contribution in [0.4, 0.5) is 4.39 Å². The van der Waals surface area contributed by atoms with Crippen LogP contribution in [-0.4, -0.2) is 18.2 Å². The van der Waals surface area contributed by atoms with Gasteiger partial charge < -0.3 is 10.5 Å². The van der Waals surface area contributed by atoms with E-state index in [9.17, 15) is 4.39 Å². The van der Waals surface area contributed by atoms with Crippen molar-refractivity contribution in [3.8, 4) is 0 Å². The molecule has 1 rings (SSSR count). The van der Waals surface area contributed by atoms with Crippen LogP contribution in [0, 0.1) is 5.82 Å². The minimum atomic E-state index is -0.386. The molecule has 4 heteroatoms. The highest BCUT2D eigenvalue weighted by Gasteiger charge is 2.27. The maximum Gasteiger partial charge on any atom is 0.124 e. The van der Waals surface area contributed by atoms with Gasteiger partial charge in [-0.1, -0.05) is 22.0 Å². The molecule has 1 unspecified atom stereocenters. The van der Waals surface area contributed by atoms with Crippen LogP contribution in [0.5, 0.6) is 0 Å². The van der Waals surface area contributed by atoms with Gasteiger partial charge >= 0.3 is 0 Å². The van der Waals surface area contributed by atoms with Gasteiger partial charge in [-0.3, -0.25) is 0 Å². The highest BCUT2D eigenvalue weighted by atomic mass is 79.9. The standard InChI is InChI=1S/C13H19BrFNO/c1-4-17-13(2,3)12(16)7-9-5-6-10(15)8-11(9)14/h5-6,8,12H,4,7,16H2,1-3H3. The minimum Gasteiger partial charge on any atom is -0.374 e. The maximum atomic E-state index is 13.0. The Morgan fingerprint density at radius 2 is 2.12 bits per heavy atom. The third-order valence-corrected chi connectivity index (χ3v) is 3.60. The Morgan fingerprint density at radius 1 is 1.47 bits per heavy atom. The molecule has 0 bridgehead atoms. The summed E-state index contributed by atoms with van der Waals surface area (Å²) in [6.45, 7) is 6.52. The molecule has 0 spiro atoms. The Kier molecular flexibility index (Phi) is 5.10. The fraction of sp³-hybridized carbons (Fsp3) is 0.538. The summed E-state index contributed by atoms with van der Waals surface area (Å²) in [4.78, 5) is 0. The van der Waals surface area contributed by atoms with Gasteiger partial charge in [0.15, 0.2) is 0 Å². The van der Waals surface area contributed by atoms with Crippen molar-refractivity contribution in [2.24, 2.45) is 5.73 Å². The second-order valence-electron chi connectivity index (χ2n) is 4.58. The van der Waals surface area contributed by atoms with E-state index in [0.717, 1.165) is 10.0 Å². The minimum absolute atomic E-state index is 0.135. The van der Waals surface area contributed by atoms with Crippen molar-refractivity contribution < 1.29 is 9.13 Å². The number of rotatable bonds is 5. The highest BCUT2D eigenvalue weighted by Crippen LogP contribution is 2.23. The largest absolute Gasteiger partial charge is 0.374 e. The molecule has 0 amide bonds. The fourth-order valence-corrected chi connectivity index (χ4v) is 2.16. The molecule has 1 atom stereocenters. The van der Waals surface area contributed by atoms with E-state index < -0.39 is 0 Å². The molecule has 2 nitrogen and oxygen atoms in total. The summed E-state index contributed by atoms with van der Waals surface area (Å²) in [6, 6.07) is 4.52. The normalized spacial score (nSPS) is 13.8. The Bertz CT molecular complexity index is 382. The Balaban J connectivity index is 2.77. The topological polar surface area (TPSA) is 35.2 Å². The van der Waals surface area contributed by atoms with Crippen LogP contribution >= 0.6 is 15.9 Å². The van der Waals surface area contributed by atoms with E-state index in [0.29, 0.717) is 13.0 Å². The summed E-state index contributed by atoms with van der Waals surface area (Å²) < 4.78 is 19.3. The van der Waals surface area contributed by atoms with Crippen LogP contribution in [0.3, 0.4) is 0 Å². The molecular formula is C13H19BrFNO. The van der Waals surface area contributed by atoms with E-state index in [2.05, 4.69) is 15.9 Å². The van der Waals surface area contributed by atoms with Gasteiger partial charge in [0.05, 0.1) is 5.60 Å².